The molecule has 0 saturated heterocycles. The van der Waals surface area contributed by atoms with Crippen LogP contribution in [0, 0.1) is 0 Å². The minimum absolute atomic E-state index is 0.509. The molecule has 1 aliphatic rings. The number of hydrogen-bond acceptors (Lipinski definition) is 4. The van der Waals surface area contributed by atoms with Crippen LogP contribution in [0.5, 0.6) is 34.5 Å². The highest BCUT2D eigenvalue weighted by molar-refractivity contribution is 5.86. The van der Waals surface area contributed by atoms with E-state index in [0.717, 1.165) is 45.6 Å². The van der Waals surface area contributed by atoms with Gasteiger partial charge in [0.15, 0.2) is 0 Å². The molecule has 0 unspecified atom stereocenters. The Labute approximate surface area is 251 Å². The standard InChI is InChI=1S/C39H30O4/c1-40-29-19-23-33(24-20-29)42-31-15-11-27(12-16-31)39(37-9-5-3-7-35(37)36-8-4-6-10-38(36)39)28-13-17-32(18-14-28)43-34-25-21-30(41-2)22-26-34/h3-26H,1-2H3. The normalized spacial score (nSPS) is 12.6. The van der Waals surface area contributed by atoms with Crippen molar-refractivity contribution in [3.8, 4) is 45.6 Å². The summed E-state index contributed by atoms with van der Waals surface area (Å²) in [6, 6.07) is 49.6. The molecular weight excluding hydrogens is 532 g/mol. The molecule has 0 bridgehead atoms. The van der Waals surface area contributed by atoms with Gasteiger partial charge in [0.2, 0.25) is 0 Å². The molecule has 0 fully saturated rings. The molecule has 0 amide bonds. The topological polar surface area (TPSA) is 36.9 Å². The van der Waals surface area contributed by atoms with Gasteiger partial charge in [-0.2, -0.15) is 0 Å². The minimum Gasteiger partial charge on any atom is -0.497 e. The lowest BCUT2D eigenvalue weighted by Crippen LogP contribution is -2.28. The van der Waals surface area contributed by atoms with Crippen molar-refractivity contribution >= 4 is 0 Å². The summed E-state index contributed by atoms with van der Waals surface area (Å²) in [5.74, 6) is 4.64. The van der Waals surface area contributed by atoms with E-state index in [0.29, 0.717) is 0 Å². The van der Waals surface area contributed by atoms with Gasteiger partial charge in [-0.15, -0.1) is 0 Å². The molecule has 0 N–H and O–H groups in total. The molecule has 6 aromatic carbocycles. The van der Waals surface area contributed by atoms with Gasteiger partial charge in [0, 0.05) is 0 Å². The molecule has 0 atom stereocenters. The van der Waals surface area contributed by atoms with Gasteiger partial charge in [0.05, 0.1) is 19.6 Å². The predicted molar refractivity (Wildman–Crippen MR) is 170 cm³/mol. The lowest BCUT2D eigenvalue weighted by Gasteiger charge is -2.34. The fourth-order valence-corrected chi connectivity index (χ4v) is 6.13. The first kappa shape index (κ1) is 26.4. The van der Waals surface area contributed by atoms with Gasteiger partial charge in [-0.25, -0.2) is 0 Å². The Hall–Kier alpha value is -5.48. The van der Waals surface area contributed by atoms with Gasteiger partial charge in [-0.05, 0) is 106 Å². The third-order valence-electron chi connectivity index (χ3n) is 8.12. The molecule has 7 rings (SSSR count). The van der Waals surface area contributed by atoms with Gasteiger partial charge >= 0.3 is 0 Å². The Kier molecular flexibility index (Phi) is 6.80. The quantitative estimate of drug-likeness (QED) is 0.185. The highest BCUT2D eigenvalue weighted by Crippen LogP contribution is 2.56. The van der Waals surface area contributed by atoms with Gasteiger partial charge < -0.3 is 18.9 Å². The molecule has 1 aliphatic carbocycles. The van der Waals surface area contributed by atoms with Crippen LogP contribution in [0.25, 0.3) is 11.1 Å². The highest BCUT2D eigenvalue weighted by Gasteiger charge is 2.45. The van der Waals surface area contributed by atoms with E-state index in [-0.39, 0.29) is 0 Å². The second-order valence-corrected chi connectivity index (χ2v) is 10.4. The van der Waals surface area contributed by atoms with E-state index in [9.17, 15) is 0 Å². The molecule has 0 saturated carbocycles. The lowest BCUT2D eigenvalue weighted by molar-refractivity contribution is 0.413. The number of ether oxygens (including phenoxy) is 4. The number of hydrogen-bond donors (Lipinski definition) is 0. The summed E-state index contributed by atoms with van der Waals surface area (Å²) in [7, 11) is 3.32. The Morgan fingerprint density at radius 3 is 1.00 bits per heavy atom. The molecule has 0 radical (unpaired) electrons. The second kappa shape index (κ2) is 11.1. The van der Waals surface area contributed by atoms with E-state index < -0.39 is 5.41 Å². The van der Waals surface area contributed by atoms with E-state index in [4.69, 9.17) is 18.9 Å². The smallest absolute Gasteiger partial charge is 0.127 e. The lowest BCUT2D eigenvalue weighted by atomic mass is 9.68. The fraction of sp³-hybridized carbons (Fsp3) is 0.0769. The molecule has 0 spiro atoms. The summed E-state index contributed by atoms with van der Waals surface area (Å²) in [6.07, 6.45) is 0. The fourth-order valence-electron chi connectivity index (χ4n) is 6.13. The van der Waals surface area contributed by atoms with E-state index in [1.165, 1.54) is 22.3 Å². The van der Waals surface area contributed by atoms with Gasteiger partial charge in [0.1, 0.15) is 34.5 Å². The summed E-state index contributed by atoms with van der Waals surface area (Å²) >= 11 is 0. The van der Waals surface area contributed by atoms with E-state index in [2.05, 4.69) is 72.8 Å². The molecule has 43 heavy (non-hydrogen) atoms. The second-order valence-electron chi connectivity index (χ2n) is 10.4. The number of methoxy groups -OCH3 is 2. The average molecular weight is 563 g/mol. The van der Waals surface area contributed by atoms with Crippen LogP contribution in [0.2, 0.25) is 0 Å². The Morgan fingerprint density at radius 1 is 0.349 bits per heavy atom. The van der Waals surface area contributed by atoms with Crippen LogP contribution in [0.4, 0.5) is 0 Å². The molecule has 0 aromatic heterocycles. The first-order chi connectivity index (χ1) is 21.2. The average Bonchev–Trinajstić information content (AvgIpc) is 3.37. The zero-order valence-corrected chi connectivity index (χ0v) is 24.0. The van der Waals surface area contributed by atoms with E-state index in [1.54, 1.807) is 14.2 Å². The first-order valence-electron chi connectivity index (χ1n) is 14.2. The van der Waals surface area contributed by atoms with Crippen molar-refractivity contribution in [2.24, 2.45) is 0 Å². The molecule has 6 aromatic rings. The zero-order valence-electron chi connectivity index (χ0n) is 24.0. The summed E-state index contributed by atoms with van der Waals surface area (Å²) in [5, 5.41) is 0. The number of benzene rings is 6. The maximum absolute atomic E-state index is 6.18. The SMILES string of the molecule is COc1ccc(Oc2ccc(C3(c4ccc(Oc5ccc(OC)cc5)cc4)c4ccccc4-c4ccccc43)cc2)cc1. The summed E-state index contributed by atoms with van der Waals surface area (Å²) in [5.41, 5.74) is 6.81. The third-order valence-corrected chi connectivity index (χ3v) is 8.12. The van der Waals surface area contributed by atoms with Crippen LogP contribution in [0.15, 0.2) is 146 Å². The summed E-state index contributed by atoms with van der Waals surface area (Å²) in [4.78, 5) is 0. The largest absolute Gasteiger partial charge is 0.497 e. The van der Waals surface area contributed by atoms with Crippen LogP contribution in [-0.2, 0) is 5.41 Å². The Balaban J connectivity index is 1.30. The predicted octanol–water partition coefficient (Wildman–Crippen LogP) is 9.65. The highest BCUT2D eigenvalue weighted by atomic mass is 16.5. The molecule has 210 valence electrons. The van der Waals surface area contributed by atoms with Crippen LogP contribution < -0.4 is 18.9 Å². The van der Waals surface area contributed by atoms with Gasteiger partial charge in [-0.3, -0.25) is 0 Å². The van der Waals surface area contributed by atoms with E-state index in [1.807, 2.05) is 72.8 Å². The number of rotatable bonds is 8. The van der Waals surface area contributed by atoms with E-state index >= 15 is 0 Å². The zero-order chi connectivity index (χ0) is 29.2. The van der Waals surface area contributed by atoms with Crippen molar-refractivity contribution in [1.29, 1.82) is 0 Å². The van der Waals surface area contributed by atoms with Gasteiger partial charge in [0.25, 0.3) is 0 Å². The van der Waals surface area contributed by atoms with Crippen LogP contribution in [-0.4, -0.2) is 14.2 Å². The van der Waals surface area contributed by atoms with Crippen LogP contribution >= 0.6 is 0 Å². The summed E-state index contributed by atoms with van der Waals surface area (Å²) < 4.78 is 22.9. The van der Waals surface area contributed by atoms with Crippen molar-refractivity contribution in [2.75, 3.05) is 14.2 Å². The number of fused-ring (bicyclic) bond motifs is 3. The maximum atomic E-state index is 6.18. The molecule has 4 nitrogen and oxygen atoms in total. The Morgan fingerprint density at radius 2 is 0.651 bits per heavy atom. The first-order valence-corrected chi connectivity index (χ1v) is 14.2. The molecule has 0 aliphatic heterocycles. The van der Waals surface area contributed by atoms with Crippen LogP contribution in [0.1, 0.15) is 22.3 Å². The maximum Gasteiger partial charge on any atom is 0.127 e. The minimum atomic E-state index is -0.509. The molecular formula is C39H30O4. The van der Waals surface area contributed by atoms with Crippen LogP contribution in [0.3, 0.4) is 0 Å². The molecule has 4 heteroatoms. The van der Waals surface area contributed by atoms with Crippen molar-refractivity contribution in [3.05, 3.63) is 168 Å². The Bertz CT molecular complexity index is 1720. The van der Waals surface area contributed by atoms with Crippen molar-refractivity contribution in [1.82, 2.24) is 0 Å². The van der Waals surface area contributed by atoms with Crippen molar-refractivity contribution < 1.29 is 18.9 Å². The van der Waals surface area contributed by atoms with Gasteiger partial charge in [-0.1, -0.05) is 72.8 Å². The van der Waals surface area contributed by atoms with Crippen molar-refractivity contribution in [2.45, 2.75) is 5.41 Å². The summed E-state index contributed by atoms with van der Waals surface area (Å²) in [6.45, 7) is 0. The third kappa shape index (κ3) is 4.67. The monoisotopic (exact) mass is 562 g/mol. The molecule has 0 heterocycles. The van der Waals surface area contributed by atoms with Crippen molar-refractivity contribution in [3.63, 3.8) is 0 Å².